The second-order valence-corrected chi connectivity index (χ2v) is 4.73. The first kappa shape index (κ1) is 13.0. The topological polar surface area (TPSA) is 98.3 Å². The van der Waals surface area contributed by atoms with Crippen LogP contribution in [0.25, 0.3) is 0 Å². The summed E-state index contributed by atoms with van der Waals surface area (Å²) in [6.07, 6.45) is 0. The predicted octanol–water partition coefficient (Wildman–Crippen LogP) is 1.71. The van der Waals surface area contributed by atoms with Crippen LogP contribution >= 0.6 is 0 Å². The van der Waals surface area contributed by atoms with E-state index in [4.69, 9.17) is 5.73 Å². The number of nitro benzene ring substituents is 1. The number of nitrogen functional groups attached to an aromatic ring is 1. The third kappa shape index (κ3) is 3.44. The third-order valence-corrected chi connectivity index (χ3v) is 1.98. The van der Waals surface area contributed by atoms with Gasteiger partial charge in [-0.05, 0) is 26.8 Å². The molecule has 1 amide bonds. The second-order valence-electron chi connectivity index (χ2n) is 4.73. The van der Waals surface area contributed by atoms with E-state index in [1.54, 1.807) is 0 Å². The van der Waals surface area contributed by atoms with E-state index < -0.39 is 16.4 Å². The Morgan fingerprint density at radius 2 is 2.00 bits per heavy atom. The molecule has 0 unspecified atom stereocenters. The molecule has 6 nitrogen and oxygen atoms in total. The average Bonchev–Trinajstić information content (AvgIpc) is 2.14. The van der Waals surface area contributed by atoms with E-state index in [9.17, 15) is 14.9 Å². The van der Waals surface area contributed by atoms with Crippen molar-refractivity contribution >= 4 is 17.3 Å². The zero-order chi connectivity index (χ0) is 13.2. The van der Waals surface area contributed by atoms with Crippen LogP contribution in [-0.4, -0.2) is 16.4 Å². The number of benzene rings is 1. The number of anilines is 1. The number of nitrogens with one attached hydrogen (secondary N) is 1. The van der Waals surface area contributed by atoms with Gasteiger partial charge in [0.15, 0.2) is 0 Å². The SMILES string of the molecule is CC(C)(C)NC(=O)c1cc([N+](=O)[O-])ccc1N. The summed E-state index contributed by atoms with van der Waals surface area (Å²) in [6, 6.07) is 3.80. The summed E-state index contributed by atoms with van der Waals surface area (Å²) in [5.41, 5.74) is 5.39. The van der Waals surface area contributed by atoms with Crippen LogP contribution in [0, 0.1) is 10.1 Å². The summed E-state index contributed by atoms with van der Waals surface area (Å²) in [4.78, 5) is 21.9. The van der Waals surface area contributed by atoms with E-state index in [-0.39, 0.29) is 16.9 Å². The molecular weight excluding hydrogens is 222 g/mol. The Balaban J connectivity index is 3.08. The predicted molar refractivity (Wildman–Crippen MR) is 64.7 cm³/mol. The van der Waals surface area contributed by atoms with Crippen molar-refractivity contribution in [1.29, 1.82) is 0 Å². The van der Waals surface area contributed by atoms with Crippen molar-refractivity contribution in [3.63, 3.8) is 0 Å². The summed E-state index contributed by atoms with van der Waals surface area (Å²) in [5.74, 6) is -0.418. The van der Waals surface area contributed by atoms with Gasteiger partial charge in [0.25, 0.3) is 11.6 Å². The smallest absolute Gasteiger partial charge is 0.270 e. The molecule has 0 aliphatic rings. The molecule has 3 N–H and O–H groups in total. The van der Waals surface area contributed by atoms with Crippen LogP contribution in [0.4, 0.5) is 11.4 Å². The van der Waals surface area contributed by atoms with Crippen LogP contribution in [0.5, 0.6) is 0 Å². The molecule has 1 rings (SSSR count). The van der Waals surface area contributed by atoms with E-state index in [1.807, 2.05) is 20.8 Å². The number of carbonyl (C=O) groups excluding carboxylic acids is 1. The maximum atomic E-state index is 11.8. The fraction of sp³-hybridized carbons (Fsp3) is 0.364. The van der Waals surface area contributed by atoms with Gasteiger partial charge in [0, 0.05) is 23.4 Å². The fourth-order valence-corrected chi connectivity index (χ4v) is 1.26. The molecule has 1 aromatic rings. The summed E-state index contributed by atoms with van der Waals surface area (Å²) < 4.78 is 0. The number of amides is 1. The van der Waals surface area contributed by atoms with Gasteiger partial charge in [0.2, 0.25) is 0 Å². The van der Waals surface area contributed by atoms with Gasteiger partial charge in [-0.25, -0.2) is 0 Å². The lowest BCUT2D eigenvalue weighted by Gasteiger charge is -2.20. The molecule has 0 bridgehead atoms. The molecule has 0 heterocycles. The summed E-state index contributed by atoms with van der Waals surface area (Å²) >= 11 is 0. The monoisotopic (exact) mass is 237 g/mol. The molecule has 0 aliphatic carbocycles. The molecule has 0 fully saturated rings. The molecule has 1 aromatic carbocycles. The second kappa shape index (κ2) is 4.40. The van der Waals surface area contributed by atoms with Crippen LogP contribution in [0.2, 0.25) is 0 Å². The third-order valence-electron chi connectivity index (χ3n) is 1.98. The zero-order valence-corrected chi connectivity index (χ0v) is 9.98. The minimum atomic E-state index is -0.562. The highest BCUT2D eigenvalue weighted by Crippen LogP contribution is 2.20. The normalized spacial score (nSPS) is 11.0. The highest BCUT2D eigenvalue weighted by molar-refractivity contribution is 6.00. The molecule has 0 atom stereocenters. The van der Waals surface area contributed by atoms with Gasteiger partial charge >= 0.3 is 0 Å². The fourth-order valence-electron chi connectivity index (χ4n) is 1.26. The Hall–Kier alpha value is -2.11. The minimum Gasteiger partial charge on any atom is -0.398 e. The Labute approximate surface area is 99.0 Å². The van der Waals surface area contributed by atoms with Gasteiger partial charge in [-0.1, -0.05) is 0 Å². The van der Waals surface area contributed by atoms with Crippen LogP contribution in [-0.2, 0) is 0 Å². The molecule has 92 valence electrons. The Kier molecular flexibility index (Phi) is 3.36. The lowest BCUT2D eigenvalue weighted by molar-refractivity contribution is -0.384. The Morgan fingerprint density at radius 3 is 2.47 bits per heavy atom. The largest absolute Gasteiger partial charge is 0.398 e. The van der Waals surface area contributed by atoms with Crippen molar-refractivity contribution < 1.29 is 9.72 Å². The van der Waals surface area contributed by atoms with E-state index in [0.29, 0.717) is 0 Å². The van der Waals surface area contributed by atoms with Crippen LogP contribution in [0.1, 0.15) is 31.1 Å². The van der Waals surface area contributed by atoms with Crippen molar-refractivity contribution in [3.8, 4) is 0 Å². The number of nitrogens with two attached hydrogens (primary N) is 1. The molecule has 6 heteroatoms. The summed E-state index contributed by atoms with van der Waals surface area (Å²) in [6.45, 7) is 5.45. The highest BCUT2D eigenvalue weighted by atomic mass is 16.6. The Morgan fingerprint density at radius 1 is 1.41 bits per heavy atom. The van der Waals surface area contributed by atoms with Gasteiger partial charge in [-0.3, -0.25) is 14.9 Å². The number of non-ortho nitro benzene ring substituents is 1. The van der Waals surface area contributed by atoms with E-state index in [1.165, 1.54) is 18.2 Å². The average molecular weight is 237 g/mol. The zero-order valence-electron chi connectivity index (χ0n) is 9.98. The molecule has 17 heavy (non-hydrogen) atoms. The number of nitro groups is 1. The summed E-state index contributed by atoms with van der Waals surface area (Å²) in [7, 11) is 0. The van der Waals surface area contributed by atoms with Crippen LogP contribution in [0.3, 0.4) is 0 Å². The lowest BCUT2D eigenvalue weighted by atomic mass is 10.1. The van der Waals surface area contributed by atoms with Gasteiger partial charge in [0.05, 0.1) is 10.5 Å². The van der Waals surface area contributed by atoms with Crippen molar-refractivity contribution in [2.45, 2.75) is 26.3 Å². The quantitative estimate of drug-likeness (QED) is 0.464. The number of rotatable bonds is 2. The van der Waals surface area contributed by atoms with Crippen LogP contribution < -0.4 is 11.1 Å². The molecule has 0 saturated heterocycles. The van der Waals surface area contributed by atoms with E-state index >= 15 is 0 Å². The summed E-state index contributed by atoms with van der Waals surface area (Å²) in [5, 5.41) is 13.3. The maximum Gasteiger partial charge on any atom is 0.270 e. The Bertz CT molecular complexity index is 464. The molecular formula is C11H15N3O3. The van der Waals surface area contributed by atoms with Crippen molar-refractivity contribution in [2.75, 3.05) is 5.73 Å². The van der Waals surface area contributed by atoms with Crippen molar-refractivity contribution in [1.82, 2.24) is 5.32 Å². The molecule has 0 saturated carbocycles. The van der Waals surface area contributed by atoms with Crippen molar-refractivity contribution in [3.05, 3.63) is 33.9 Å². The number of hydrogen-bond donors (Lipinski definition) is 2. The number of carbonyl (C=O) groups is 1. The minimum absolute atomic E-state index is 0.120. The highest BCUT2D eigenvalue weighted by Gasteiger charge is 2.19. The molecule has 0 aromatic heterocycles. The van der Waals surface area contributed by atoms with E-state index in [2.05, 4.69) is 5.32 Å². The van der Waals surface area contributed by atoms with Gasteiger partial charge in [-0.2, -0.15) is 0 Å². The van der Waals surface area contributed by atoms with E-state index in [0.717, 1.165) is 0 Å². The molecule has 0 spiro atoms. The number of nitrogens with zero attached hydrogens (tertiary/aromatic N) is 1. The maximum absolute atomic E-state index is 11.8. The van der Waals surface area contributed by atoms with Gasteiger partial charge in [0.1, 0.15) is 0 Å². The van der Waals surface area contributed by atoms with Gasteiger partial charge in [-0.15, -0.1) is 0 Å². The first-order valence-electron chi connectivity index (χ1n) is 5.07. The van der Waals surface area contributed by atoms with Crippen molar-refractivity contribution in [2.24, 2.45) is 0 Å². The molecule has 0 radical (unpaired) electrons. The standard InChI is InChI=1S/C11H15N3O3/c1-11(2,3)13-10(15)8-6-7(14(16)17)4-5-9(8)12/h4-6H,12H2,1-3H3,(H,13,15). The van der Waals surface area contributed by atoms with Crippen LogP contribution in [0.15, 0.2) is 18.2 Å². The first-order valence-corrected chi connectivity index (χ1v) is 5.07. The first-order chi connectivity index (χ1) is 7.70. The van der Waals surface area contributed by atoms with Gasteiger partial charge < -0.3 is 11.1 Å². The number of hydrogen-bond acceptors (Lipinski definition) is 4. The molecule has 0 aliphatic heterocycles. The lowest BCUT2D eigenvalue weighted by Crippen LogP contribution is -2.40.